The number of carbonyl (C=O) groups is 5. The number of nitrogens with one attached hydrogen (secondary N) is 2. The number of carboxylic acid groups (broad SMARTS) is 3. The maximum Gasteiger partial charge on any atom is 0.317 e. The monoisotopic (exact) mass is 699 g/mol. The first-order valence-corrected chi connectivity index (χ1v) is 16.6. The molecule has 2 amide bonds. The Morgan fingerprint density at radius 3 is 1.54 bits per heavy atom. The van der Waals surface area contributed by atoms with Gasteiger partial charge in [-0.3, -0.25) is 48.4 Å². The average Bonchev–Trinajstić information content (AvgIpc) is 3.07. The fraction of sp³-hybridized carbons (Fsp3) is 0.500. The summed E-state index contributed by atoms with van der Waals surface area (Å²) in [5.41, 5.74) is 11.1. The molecule has 16 nitrogen and oxygen atoms in total. The number of nitrogens with zero attached hydrogens (tertiary/aromatic N) is 4. The number of hydrogen-bond acceptors (Lipinski definition) is 11. The Kier molecular flexibility index (Phi) is 17.3. The summed E-state index contributed by atoms with van der Waals surface area (Å²) in [7, 11) is 0. The quantitative estimate of drug-likeness (QED) is 0.112. The number of amides is 2. The average molecular weight is 700 g/mol. The van der Waals surface area contributed by atoms with E-state index >= 15 is 0 Å². The molecule has 1 saturated heterocycles. The normalized spacial score (nSPS) is 16.4. The van der Waals surface area contributed by atoms with Gasteiger partial charge in [0.1, 0.15) is 0 Å². The molecule has 0 saturated carbocycles. The zero-order valence-electron chi connectivity index (χ0n) is 28.2. The lowest BCUT2D eigenvalue weighted by atomic mass is 10.1. The van der Waals surface area contributed by atoms with Crippen LogP contribution in [0, 0.1) is 0 Å². The molecule has 0 aromatic heterocycles. The predicted octanol–water partition coefficient (Wildman–Crippen LogP) is -0.714. The molecular weight excluding hydrogens is 650 g/mol. The van der Waals surface area contributed by atoms with Crippen LogP contribution in [0.1, 0.15) is 23.1 Å². The summed E-state index contributed by atoms with van der Waals surface area (Å²) in [5.74, 6) is -3.70. The minimum atomic E-state index is -1.02. The van der Waals surface area contributed by atoms with Gasteiger partial charge in [-0.25, -0.2) is 5.48 Å². The first-order valence-electron chi connectivity index (χ1n) is 16.6. The minimum absolute atomic E-state index is 0.0199. The van der Waals surface area contributed by atoms with Crippen LogP contribution in [-0.2, 0) is 48.4 Å². The Balaban J connectivity index is 1.47. The van der Waals surface area contributed by atoms with Gasteiger partial charge >= 0.3 is 17.9 Å². The first-order chi connectivity index (χ1) is 24.0. The molecule has 1 fully saturated rings. The molecule has 7 N–H and O–H groups in total. The molecule has 1 atom stereocenters. The van der Waals surface area contributed by atoms with Crippen LogP contribution in [0.15, 0.2) is 54.6 Å². The number of aliphatic carboxylic acids is 3. The summed E-state index contributed by atoms with van der Waals surface area (Å²) >= 11 is 0. The number of carboxylic acids is 3. The molecule has 1 heterocycles. The fourth-order valence-corrected chi connectivity index (χ4v) is 5.36. The lowest BCUT2D eigenvalue weighted by Gasteiger charge is -2.32. The van der Waals surface area contributed by atoms with Crippen molar-refractivity contribution < 1.29 is 44.1 Å². The van der Waals surface area contributed by atoms with Crippen molar-refractivity contribution in [3.8, 4) is 0 Å². The van der Waals surface area contributed by atoms with Crippen LogP contribution in [0.4, 0.5) is 0 Å². The molecule has 16 heteroatoms. The number of rotatable bonds is 17. The van der Waals surface area contributed by atoms with Crippen molar-refractivity contribution in [2.45, 2.75) is 32.0 Å². The summed E-state index contributed by atoms with van der Waals surface area (Å²) in [5, 5.41) is 31.0. The van der Waals surface area contributed by atoms with Gasteiger partial charge in [-0.15, -0.1) is 0 Å². The second-order valence-electron chi connectivity index (χ2n) is 12.3. The molecule has 274 valence electrons. The minimum Gasteiger partial charge on any atom is -0.480 e. The van der Waals surface area contributed by atoms with Crippen LogP contribution >= 0.6 is 0 Å². The number of benzene rings is 2. The Morgan fingerprint density at radius 2 is 1.08 bits per heavy atom. The van der Waals surface area contributed by atoms with Gasteiger partial charge in [0.25, 0.3) is 5.91 Å². The molecular formula is C34H49N7O9. The van der Waals surface area contributed by atoms with Crippen LogP contribution < -0.4 is 16.5 Å². The van der Waals surface area contributed by atoms with Gasteiger partial charge < -0.3 is 26.4 Å². The lowest BCUT2D eigenvalue weighted by molar-refractivity contribution is -0.140. The smallest absolute Gasteiger partial charge is 0.317 e. The highest BCUT2D eigenvalue weighted by atomic mass is 16.6. The van der Waals surface area contributed by atoms with Crippen molar-refractivity contribution >= 4 is 29.7 Å². The SMILES string of the molecule is N[C@H](CCc1ccccc1)C(=O)NOCc1ccc(CNC(=O)CN2CCN(CC(=O)O)CCN(CC(=O)O)CCN(CC(=O)O)CC2)cc1. The van der Waals surface area contributed by atoms with E-state index in [4.69, 9.17) is 10.6 Å². The van der Waals surface area contributed by atoms with E-state index in [0.717, 1.165) is 16.7 Å². The molecule has 2 aromatic carbocycles. The summed E-state index contributed by atoms with van der Waals surface area (Å²) in [6, 6.07) is 16.4. The van der Waals surface area contributed by atoms with Crippen LogP contribution in [-0.4, -0.2) is 149 Å². The predicted molar refractivity (Wildman–Crippen MR) is 183 cm³/mol. The molecule has 1 aliphatic heterocycles. The van der Waals surface area contributed by atoms with Crippen molar-refractivity contribution in [2.24, 2.45) is 5.73 Å². The molecule has 0 aliphatic carbocycles. The number of hydrogen-bond donors (Lipinski definition) is 6. The highest BCUT2D eigenvalue weighted by Crippen LogP contribution is 2.07. The van der Waals surface area contributed by atoms with Gasteiger partial charge in [0.15, 0.2) is 0 Å². The molecule has 0 bridgehead atoms. The summed E-state index contributed by atoms with van der Waals surface area (Å²) in [6.07, 6.45) is 1.16. The maximum atomic E-state index is 13.0. The highest BCUT2D eigenvalue weighted by molar-refractivity contribution is 5.80. The van der Waals surface area contributed by atoms with Gasteiger partial charge in [-0.05, 0) is 29.5 Å². The van der Waals surface area contributed by atoms with Crippen LogP contribution in [0.25, 0.3) is 0 Å². The Bertz CT molecular complexity index is 1350. The van der Waals surface area contributed by atoms with Crippen molar-refractivity contribution in [2.75, 3.05) is 78.5 Å². The van der Waals surface area contributed by atoms with E-state index < -0.39 is 29.9 Å². The maximum absolute atomic E-state index is 13.0. The zero-order chi connectivity index (χ0) is 36.3. The van der Waals surface area contributed by atoms with Gasteiger partial charge in [-0.2, -0.15) is 0 Å². The molecule has 0 unspecified atom stereocenters. The third-order valence-electron chi connectivity index (χ3n) is 8.22. The number of nitrogens with two attached hydrogens (primary N) is 1. The molecule has 1 aliphatic rings. The topological polar surface area (TPSA) is 218 Å². The van der Waals surface area contributed by atoms with E-state index in [1.165, 1.54) is 0 Å². The Labute approximate surface area is 291 Å². The highest BCUT2D eigenvalue weighted by Gasteiger charge is 2.21. The second-order valence-corrected chi connectivity index (χ2v) is 12.3. The van der Waals surface area contributed by atoms with Crippen LogP contribution in [0.2, 0.25) is 0 Å². The van der Waals surface area contributed by atoms with Crippen molar-refractivity contribution in [3.63, 3.8) is 0 Å². The van der Waals surface area contributed by atoms with Crippen molar-refractivity contribution in [1.29, 1.82) is 0 Å². The van der Waals surface area contributed by atoms with Crippen LogP contribution in [0.5, 0.6) is 0 Å². The van der Waals surface area contributed by atoms with E-state index in [0.29, 0.717) is 65.2 Å². The van der Waals surface area contributed by atoms with E-state index in [-0.39, 0.29) is 45.2 Å². The molecule has 3 rings (SSSR count). The standard InChI is InChI=1S/C34H49N7O9/c35-29(11-10-26-4-2-1-3-5-26)34(49)37-50-25-28-8-6-27(7-9-28)20-36-30(42)21-38-12-14-39(22-31(43)44)16-18-41(24-33(47)48)19-17-40(15-13-38)23-32(45)46/h1-9,29H,10-25,35H2,(H,36,42)(H,37,49)(H,43,44)(H,45,46)(H,47,48)/t29-/m1/s1. The largest absolute Gasteiger partial charge is 0.480 e. The van der Waals surface area contributed by atoms with E-state index in [1.807, 2.05) is 59.5 Å². The van der Waals surface area contributed by atoms with Gasteiger partial charge in [-0.1, -0.05) is 54.6 Å². The van der Waals surface area contributed by atoms with Gasteiger partial charge in [0.2, 0.25) is 5.91 Å². The Hall–Kier alpha value is -4.45. The van der Waals surface area contributed by atoms with Gasteiger partial charge in [0.05, 0.1) is 38.8 Å². The van der Waals surface area contributed by atoms with E-state index in [2.05, 4.69) is 10.8 Å². The molecule has 0 spiro atoms. The molecule has 50 heavy (non-hydrogen) atoms. The Morgan fingerprint density at radius 1 is 0.640 bits per heavy atom. The van der Waals surface area contributed by atoms with E-state index in [1.54, 1.807) is 14.7 Å². The lowest BCUT2D eigenvalue weighted by Crippen LogP contribution is -2.49. The first kappa shape index (κ1) is 40.0. The van der Waals surface area contributed by atoms with Crippen molar-refractivity contribution in [1.82, 2.24) is 30.4 Å². The second kappa shape index (κ2) is 21.6. The fourth-order valence-electron chi connectivity index (χ4n) is 5.36. The summed E-state index contributed by atoms with van der Waals surface area (Å²) < 4.78 is 0. The van der Waals surface area contributed by atoms with E-state index in [9.17, 15) is 39.3 Å². The summed E-state index contributed by atoms with van der Waals surface area (Å²) in [4.78, 5) is 71.9. The molecule has 0 radical (unpaired) electrons. The third-order valence-corrected chi connectivity index (χ3v) is 8.22. The zero-order valence-corrected chi connectivity index (χ0v) is 28.2. The third kappa shape index (κ3) is 16.3. The number of aryl methyl sites for hydroxylation is 1. The van der Waals surface area contributed by atoms with Gasteiger partial charge in [0, 0.05) is 58.9 Å². The molecule has 2 aromatic rings. The summed E-state index contributed by atoms with van der Waals surface area (Å²) in [6.45, 7) is 2.24. The number of carbonyl (C=O) groups excluding carboxylic acids is 2. The van der Waals surface area contributed by atoms with Crippen molar-refractivity contribution in [3.05, 3.63) is 71.3 Å². The van der Waals surface area contributed by atoms with Crippen LogP contribution in [0.3, 0.4) is 0 Å². The number of hydroxylamine groups is 1.